The van der Waals surface area contributed by atoms with E-state index in [1.54, 1.807) is 0 Å². The molecule has 0 saturated heterocycles. The van der Waals surface area contributed by atoms with Crippen molar-refractivity contribution in [2.24, 2.45) is 0 Å². The Bertz CT molecular complexity index is 605. The summed E-state index contributed by atoms with van der Waals surface area (Å²) in [4.78, 5) is 14.8. The molecule has 0 aliphatic carbocycles. The van der Waals surface area contributed by atoms with E-state index >= 15 is 0 Å². The van der Waals surface area contributed by atoms with Gasteiger partial charge in [0.1, 0.15) is 0 Å². The fourth-order valence-electron chi connectivity index (χ4n) is 2.34. The molecule has 0 amide bonds. The summed E-state index contributed by atoms with van der Waals surface area (Å²) in [5.74, 6) is -0.319. The van der Waals surface area contributed by atoms with Crippen LogP contribution in [0.15, 0.2) is 48.5 Å². The van der Waals surface area contributed by atoms with Crippen molar-refractivity contribution >= 4 is 5.97 Å². The summed E-state index contributed by atoms with van der Waals surface area (Å²) >= 11 is 0. The van der Waals surface area contributed by atoms with Gasteiger partial charge >= 0.3 is 29.6 Å². The Hall–Kier alpha value is -1.36. The fourth-order valence-corrected chi connectivity index (χ4v) is 2.34. The molecule has 1 heterocycles. The van der Waals surface area contributed by atoms with Gasteiger partial charge in [0.05, 0.1) is 12.3 Å². The molecular weight excluding hydrogens is 313 g/mol. The van der Waals surface area contributed by atoms with Crippen molar-refractivity contribution in [1.29, 1.82) is 0 Å². The van der Waals surface area contributed by atoms with Crippen molar-refractivity contribution in [3.8, 4) is 17.1 Å². The standard InChI is InChI=1S/C19H23NO3.Na/c21-19(22)14-7-2-1-3-8-15-23-18-13-9-12-17(20-18)16-10-5-4-6-11-16;/h4-6,9-13H,1-3,7-8,14-15H2,(H,21,22);/q;+1/p-1. The van der Waals surface area contributed by atoms with E-state index in [9.17, 15) is 9.90 Å². The van der Waals surface area contributed by atoms with Gasteiger partial charge in [-0.1, -0.05) is 55.7 Å². The van der Waals surface area contributed by atoms with Crippen molar-refractivity contribution in [1.82, 2.24) is 4.98 Å². The molecule has 2 rings (SSSR count). The third-order valence-electron chi connectivity index (χ3n) is 3.57. The van der Waals surface area contributed by atoms with Crippen molar-refractivity contribution in [2.75, 3.05) is 6.61 Å². The molecule has 0 saturated carbocycles. The summed E-state index contributed by atoms with van der Waals surface area (Å²) in [6.07, 6.45) is 4.79. The first kappa shape index (κ1) is 20.7. The van der Waals surface area contributed by atoms with E-state index in [4.69, 9.17) is 4.74 Å². The number of aromatic nitrogens is 1. The molecule has 0 bridgehead atoms. The van der Waals surface area contributed by atoms with E-state index in [0.29, 0.717) is 18.9 Å². The molecule has 4 nitrogen and oxygen atoms in total. The number of carboxylic acids is 1. The number of rotatable bonds is 10. The molecule has 24 heavy (non-hydrogen) atoms. The molecule has 0 N–H and O–H groups in total. The minimum absolute atomic E-state index is 0. The predicted octanol–water partition coefficient (Wildman–Crippen LogP) is 0.222. The topological polar surface area (TPSA) is 62.2 Å². The first-order valence-electron chi connectivity index (χ1n) is 8.11. The number of carbonyl (C=O) groups is 1. The molecule has 0 aliphatic rings. The van der Waals surface area contributed by atoms with Gasteiger partial charge in [0, 0.05) is 17.6 Å². The molecule has 0 fully saturated rings. The van der Waals surface area contributed by atoms with Gasteiger partial charge in [0.25, 0.3) is 0 Å². The summed E-state index contributed by atoms with van der Waals surface area (Å²) in [5.41, 5.74) is 1.98. The smallest absolute Gasteiger partial charge is 0.550 e. The maximum absolute atomic E-state index is 10.3. The van der Waals surface area contributed by atoms with Crippen LogP contribution in [0.4, 0.5) is 0 Å². The SMILES string of the molecule is O=C([O-])CCCCCCCOc1cccc(-c2ccccc2)n1.[Na+]. The van der Waals surface area contributed by atoms with Crippen LogP contribution in [0.1, 0.15) is 38.5 Å². The van der Waals surface area contributed by atoms with E-state index in [1.807, 2.05) is 48.5 Å². The molecule has 0 unspecified atom stereocenters. The number of nitrogens with zero attached hydrogens (tertiary/aromatic N) is 1. The van der Waals surface area contributed by atoms with E-state index in [-0.39, 0.29) is 36.0 Å². The Morgan fingerprint density at radius 1 is 0.917 bits per heavy atom. The second kappa shape index (κ2) is 12.1. The summed E-state index contributed by atoms with van der Waals surface area (Å²) in [5, 5.41) is 10.3. The monoisotopic (exact) mass is 335 g/mol. The van der Waals surface area contributed by atoms with Crippen molar-refractivity contribution in [3.05, 3.63) is 48.5 Å². The Kier molecular flexibility index (Phi) is 10.4. The van der Waals surface area contributed by atoms with Crippen molar-refractivity contribution in [3.63, 3.8) is 0 Å². The number of hydrogen-bond acceptors (Lipinski definition) is 4. The number of ether oxygens (including phenoxy) is 1. The molecule has 122 valence electrons. The minimum Gasteiger partial charge on any atom is -0.550 e. The molecular formula is C19H22NNaO3. The quantitative estimate of drug-likeness (QED) is 0.460. The third kappa shape index (κ3) is 7.95. The van der Waals surface area contributed by atoms with Gasteiger partial charge in [-0.15, -0.1) is 0 Å². The first-order valence-corrected chi connectivity index (χ1v) is 8.11. The van der Waals surface area contributed by atoms with Gasteiger partial charge < -0.3 is 14.6 Å². The van der Waals surface area contributed by atoms with Crippen LogP contribution in [0.5, 0.6) is 5.88 Å². The number of benzene rings is 1. The molecule has 0 atom stereocenters. The molecule has 5 heteroatoms. The fraction of sp³-hybridized carbons (Fsp3) is 0.368. The zero-order chi connectivity index (χ0) is 16.3. The minimum atomic E-state index is -0.960. The Morgan fingerprint density at radius 3 is 2.38 bits per heavy atom. The molecule has 0 radical (unpaired) electrons. The van der Waals surface area contributed by atoms with Gasteiger partial charge in [-0.3, -0.25) is 0 Å². The Morgan fingerprint density at radius 2 is 1.62 bits per heavy atom. The van der Waals surface area contributed by atoms with Gasteiger partial charge in [-0.05, 0) is 25.3 Å². The summed E-state index contributed by atoms with van der Waals surface area (Å²) < 4.78 is 5.70. The van der Waals surface area contributed by atoms with Crippen molar-refractivity contribution < 1.29 is 44.2 Å². The molecule has 0 aliphatic heterocycles. The summed E-state index contributed by atoms with van der Waals surface area (Å²) in [7, 11) is 0. The van der Waals surface area contributed by atoms with Crippen LogP contribution in [-0.2, 0) is 4.79 Å². The van der Waals surface area contributed by atoms with Crippen LogP contribution in [0.3, 0.4) is 0 Å². The first-order chi connectivity index (χ1) is 11.3. The number of pyridine rings is 1. The summed E-state index contributed by atoms with van der Waals surface area (Å²) in [6, 6.07) is 15.8. The van der Waals surface area contributed by atoms with E-state index in [2.05, 4.69) is 4.98 Å². The zero-order valence-corrected chi connectivity index (χ0v) is 16.2. The number of carboxylic acid groups (broad SMARTS) is 1. The van der Waals surface area contributed by atoms with Crippen LogP contribution < -0.4 is 39.4 Å². The largest absolute Gasteiger partial charge is 1.00 e. The van der Waals surface area contributed by atoms with Gasteiger partial charge in [-0.2, -0.15) is 0 Å². The van der Waals surface area contributed by atoms with Crippen LogP contribution in [-0.4, -0.2) is 17.6 Å². The van der Waals surface area contributed by atoms with Gasteiger partial charge in [0.2, 0.25) is 5.88 Å². The van der Waals surface area contributed by atoms with Crippen LogP contribution in [0, 0.1) is 0 Å². The van der Waals surface area contributed by atoms with E-state index in [0.717, 1.165) is 36.9 Å². The third-order valence-corrected chi connectivity index (χ3v) is 3.57. The Balaban J connectivity index is 0.00000288. The van der Waals surface area contributed by atoms with Crippen LogP contribution in [0.2, 0.25) is 0 Å². The maximum atomic E-state index is 10.3. The van der Waals surface area contributed by atoms with E-state index in [1.165, 1.54) is 0 Å². The molecule has 1 aromatic heterocycles. The van der Waals surface area contributed by atoms with Crippen molar-refractivity contribution in [2.45, 2.75) is 38.5 Å². The van der Waals surface area contributed by atoms with Crippen LogP contribution >= 0.6 is 0 Å². The Labute approximate surface area is 165 Å². The van der Waals surface area contributed by atoms with E-state index < -0.39 is 5.97 Å². The van der Waals surface area contributed by atoms with Crippen LogP contribution in [0.25, 0.3) is 11.3 Å². The second-order valence-electron chi connectivity index (χ2n) is 5.47. The number of unbranched alkanes of at least 4 members (excludes halogenated alkanes) is 4. The zero-order valence-electron chi connectivity index (χ0n) is 14.2. The second-order valence-corrected chi connectivity index (χ2v) is 5.47. The average molecular weight is 335 g/mol. The number of aliphatic carboxylic acids is 1. The average Bonchev–Trinajstić information content (AvgIpc) is 2.58. The predicted molar refractivity (Wildman–Crippen MR) is 87.9 cm³/mol. The maximum Gasteiger partial charge on any atom is 1.00 e. The molecule has 1 aromatic carbocycles. The number of carbonyl (C=O) groups excluding carboxylic acids is 1. The van der Waals surface area contributed by atoms with Gasteiger partial charge in [0.15, 0.2) is 0 Å². The van der Waals surface area contributed by atoms with Gasteiger partial charge in [-0.25, -0.2) is 4.98 Å². The molecule has 2 aromatic rings. The molecule has 0 spiro atoms. The summed E-state index contributed by atoms with van der Waals surface area (Å²) in [6.45, 7) is 0.631. The number of hydrogen-bond donors (Lipinski definition) is 0. The normalized spacial score (nSPS) is 10.0.